The molecule has 11 heteroatoms. The van der Waals surface area contributed by atoms with Crippen LogP contribution in [0.25, 0.3) is 0 Å². The van der Waals surface area contributed by atoms with Crippen LogP contribution in [-0.4, -0.2) is 36.9 Å². The molecule has 0 aromatic heterocycles. The quantitative estimate of drug-likeness (QED) is 0.303. The van der Waals surface area contributed by atoms with Crippen molar-refractivity contribution in [1.82, 2.24) is 0 Å². The SMILES string of the molecule is CC1CC1.CCCC.CCOC.Cc1cc(C(F)(F)F)cc(C(F)(F)F)c1.NC(=O)C1(C(O)C2CC2)CCC(N)C1. The van der Waals surface area contributed by atoms with E-state index in [-0.39, 0.29) is 29.5 Å². The molecule has 3 aliphatic rings. The van der Waals surface area contributed by atoms with Crippen LogP contribution in [0.2, 0.25) is 0 Å². The molecule has 0 radical (unpaired) electrons. The topological polar surface area (TPSA) is 98.6 Å². The first-order valence-corrected chi connectivity index (χ1v) is 14.4. The third-order valence-electron chi connectivity index (χ3n) is 7.10. The number of hydrogen-bond acceptors (Lipinski definition) is 4. The lowest BCUT2D eigenvalue weighted by Crippen LogP contribution is -2.46. The fourth-order valence-corrected chi connectivity index (χ4v) is 3.89. The average molecular weight is 601 g/mol. The smallest absolute Gasteiger partial charge is 0.392 e. The van der Waals surface area contributed by atoms with Crippen molar-refractivity contribution < 1.29 is 41.0 Å². The standard InChI is InChI=1S/C10H18N2O2.C9H6F6.C4H8.C4H10.C3H8O/c11-7-3-4-10(5-7,9(12)14)8(13)6-1-2-6;1-5-2-6(8(10,11)12)4-7(3-5)9(13,14)15;1-4-2-3-4;2*1-3-4-2/h6-8,13H,1-5,11H2,(H2,12,14);2-4H,1H3;4H,2-3H2,1H3;3-4H2,1-2H3;3H2,1-2H3. The summed E-state index contributed by atoms with van der Waals surface area (Å²) in [5.41, 5.74) is 7.84. The maximum Gasteiger partial charge on any atom is 0.416 e. The minimum absolute atomic E-state index is 0.0240. The zero-order valence-electron chi connectivity index (χ0n) is 25.3. The molecular weight excluding hydrogens is 550 g/mol. The van der Waals surface area contributed by atoms with Gasteiger partial charge in [-0.15, -0.1) is 0 Å². The molecule has 240 valence electrons. The van der Waals surface area contributed by atoms with Crippen molar-refractivity contribution in [2.75, 3.05) is 13.7 Å². The van der Waals surface area contributed by atoms with Crippen molar-refractivity contribution >= 4 is 5.91 Å². The number of aliphatic hydroxyl groups is 1. The molecule has 3 fully saturated rings. The molecule has 1 aromatic carbocycles. The number of primary amides is 1. The van der Waals surface area contributed by atoms with Crippen molar-refractivity contribution in [2.45, 2.75) is 117 Å². The molecule has 3 atom stereocenters. The molecule has 3 saturated carbocycles. The van der Waals surface area contributed by atoms with E-state index in [2.05, 4.69) is 25.5 Å². The van der Waals surface area contributed by atoms with Gasteiger partial charge in [0.2, 0.25) is 5.91 Å². The molecule has 0 saturated heterocycles. The Labute approximate surface area is 241 Å². The van der Waals surface area contributed by atoms with E-state index in [0.29, 0.717) is 25.0 Å². The molecule has 0 heterocycles. The second-order valence-electron chi connectivity index (χ2n) is 11.1. The number of aliphatic hydroxyl groups excluding tert-OH is 1. The molecule has 3 unspecified atom stereocenters. The third-order valence-corrected chi connectivity index (χ3v) is 7.10. The molecule has 41 heavy (non-hydrogen) atoms. The van der Waals surface area contributed by atoms with Crippen molar-refractivity contribution in [3.63, 3.8) is 0 Å². The molecule has 0 spiro atoms. The highest BCUT2D eigenvalue weighted by Gasteiger charge is 2.53. The number of rotatable bonds is 5. The summed E-state index contributed by atoms with van der Waals surface area (Å²) in [5.74, 6) is 0.998. The second kappa shape index (κ2) is 18.0. The summed E-state index contributed by atoms with van der Waals surface area (Å²) in [5, 5.41) is 10.1. The van der Waals surface area contributed by atoms with E-state index in [1.165, 1.54) is 32.6 Å². The first-order chi connectivity index (χ1) is 18.9. The Morgan fingerprint density at radius 1 is 0.976 bits per heavy atom. The minimum Gasteiger partial charge on any atom is -0.392 e. The van der Waals surface area contributed by atoms with Gasteiger partial charge in [0.1, 0.15) is 0 Å². The summed E-state index contributed by atoms with van der Waals surface area (Å²) in [6.07, 6.45) is -0.420. The van der Waals surface area contributed by atoms with E-state index in [1.54, 1.807) is 7.11 Å². The van der Waals surface area contributed by atoms with Gasteiger partial charge in [-0.1, -0.05) is 46.5 Å². The lowest BCUT2D eigenvalue weighted by molar-refractivity contribution is -0.143. The van der Waals surface area contributed by atoms with Gasteiger partial charge in [0.15, 0.2) is 0 Å². The van der Waals surface area contributed by atoms with Crippen LogP contribution < -0.4 is 11.5 Å². The Kier molecular flexibility index (Phi) is 17.1. The van der Waals surface area contributed by atoms with Crippen LogP contribution in [0, 0.1) is 24.2 Å². The van der Waals surface area contributed by atoms with Crippen LogP contribution in [-0.2, 0) is 21.9 Å². The number of unbranched alkanes of at least 4 members (excludes halogenated alkanes) is 1. The third kappa shape index (κ3) is 15.3. The number of halogens is 6. The summed E-state index contributed by atoms with van der Waals surface area (Å²) in [7, 11) is 1.68. The summed E-state index contributed by atoms with van der Waals surface area (Å²) in [4.78, 5) is 11.4. The van der Waals surface area contributed by atoms with E-state index in [9.17, 15) is 36.2 Å². The van der Waals surface area contributed by atoms with Gasteiger partial charge in [0.25, 0.3) is 0 Å². The number of methoxy groups -OCH3 is 1. The maximum atomic E-state index is 12.2. The van der Waals surface area contributed by atoms with Crippen LogP contribution in [0.3, 0.4) is 0 Å². The average Bonchev–Trinajstić information content (AvgIpc) is 3.83. The minimum atomic E-state index is -4.76. The first kappa shape index (κ1) is 39.1. The first-order valence-electron chi connectivity index (χ1n) is 14.4. The fourth-order valence-electron chi connectivity index (χ4n) is 3.89. The molecule has 4 rings (SSSR count). The Bertz CT molecular complexity index is 846. The Balaban J connectivity index is 0.000000561. The number of carbonyl (C=O) groups excluding carboxylic acids is 1. The van der Waals surface area contributed by atoms with Crippen LogP contribution in [0.15, 0.2) is 18.2 Å². The van der Waals surface area contributed by atoms with Crippen molar-refractivity contribution in [2.24, 2.45) is 28.7 Å². The molecule has 3 aliphatic carbocycles. The highest BCUT2D eigenvalue weighted by atomic mass is 19.4. The lowest BCUT2D eigenvalue weighted by atomic mass is 9.77. The highest BCUT2D eigenvalue weighted by molar-refractivity contribution is 5.82. The largest absolute Gasteiger partial charge is 0.416 e. The predicted octanol–water partition coefficient (Wildman–Crippen LogP) is 7.65. The summed E-state index contributed by atoms with van der Waals surface area (Å²) in [6.45, 7) is 10.6. The summed E-state index contributed by atoms with van der Waals surface area (Å²) >= 11 is 0. The van der Waals surface area contributed by atoms with E-state index in [0.717, 1.165) is 31.8 Å². The molecule has 1 amide bonds. The van der Waals surface area contributed by atoms with Crippen molar-refractivity contribution in [1.29, 1.82) is 0 Å². The van der Waals surface area contributed by atoms with Gasteiger partial charge in [-0.25, -0.2) is 0 Å². The van der Waals surface area contributed by atoms with Gasteiger partial charge < -0.3 is 21.3 Å². The van der Waals surface area contributed by atoms with Gasteiger partial charge in [-0.05, 0) is 81.5 Å². The molecule has 0 bridgehead atoms. The molecule has 5 nitrogen and oxygen atoms in total. The van der Waals surface area contributed by atoms with Crippen molar-refractivity contribution in [3.05, 3.63) is 34.9 Å². The molecule has 1 aromatic rings. The number of benzene rings is 1. The van der Waals surface area contributed by atoms with Crippen LogP contribution in [0.1, 0.15) is 102 Å². The number of amides is 1. The van der Waals surface area contributed by atoms with Gasteiger partial charge in [-0.2, -0.15) is 26.3 Å². The van der Waals surface area contributed by atoms with Gasteiger partial charge >= 0.3 is 12.4 Å². The summed E-state index contributed by atoms with van der Waals surface area (Å²) in [6, 6.07) is 1.48. The Hall–Kier alpha value is -1.85. The van der Waals surface area contributed by atoms with Crippen molar-refractivity contribution in [3.8, 4) is 0 Å². The number of hydrogen-bond donors (Lipinski definition) is 3. The highest BCUT2D eigenvalue weighted by Crippen LogP contribution is 2.48. The molecule has 0 aliphatic heterocycles. The van der Waals surface area contributed by atoms with Gasteiger partial charge in [0, 0.05) is 19.8 Å². The number of carbonyl (C=O) groups is 1. The summed E-state index contributed by atoms with van der Waals surface area (Å²) < 4.78 is 77.6. The molecule has 5 N–H and O–H groups in total. The Morgan fingerprint density at radius 2 is 1.39 bits per heavy atom. The number of alkyl halides is 6. The number of aryl methyl sites for hydroxylation is 1. The zero-order valence-corrected chi connectivity index (χ0v) is 25.3. The number of ether oxygens (including phenoxy) is 1. The van der Waals surface area contributed by atoms with Crippen LogP contribution in [0.5, 0.6) is 0 Å². The number of nitrogens with two attached hydrogens (primary N) is 2. The van der Waals surface area contributed by atoms with Crippen LogP contribution in [0.4, 0.5) is 26.3 Å². The van der Waals surface area contributed by atoms with E-state index >= 15 is 0 Å². The van der Waals surface area contributed by atoms with Gasteiger partial charge in [0.05, 0.1) is 22.6 Å². The second-order valence-corrected chi connectivity index (χ2v) is 11.1. The van der Waals surface area contributed by atoms with Crippen LogP contribution >= 0.6 is 0 Å². The van der Waals surface area contributed by atoms with E-state index in [1.807, 2.05) is 6.92 Å². The Morgan fingerprint density at radius 3 is 1.61 bits per heavy atom. The van der Waals surface area contributed by atoms with E-state index < -0.39 is 35.0 Å². The predicted molar refractivity (Wildman–Crippen MR) is 150 cm³/mol. The lowest BCUT2D eigenvalue weighted by Gasteiger charge is -2.31. The fraction of sp³-hybridized carbons (Fsp3) is 0.767. The maximum absolute atomic E-state index is 12.2. The van der Waals surface area contributed by atoms with Gasteiger partial charge in [-0.3, -0.25) is 4.79 Å². The zero-order chi connectivity index (χ0) is 32.0. The molecular formula is C30H50F6N2O3. The normalized spacial score (nSPS) is 22.3. The monoisotopic (exact) mass is 600 g/mol. The van der Waals surface area contributed by atoms with E-state index in [4.69, 9.17) is 11.5 Å².